The van der Waals surface area contributed by atoms with Gasteiger partial charge in [0.05, 0.1) is 25.3 Å². The molecule has 152 valence electrons. The lowest BCUT2D eigenvalue weighted by Gasteiger charge is -2.12. The Morgan fingerprint density at radius 3 is 2.47 bits per heavy atom. The molecule has 0 saturated heterocycles. The molecule has 0 radical (unpaired) electrons. The topological polar surface area (TPSA) is 53.4 Å². The van der Waals surface area contributed by atoms with Gasteiger partial charge in [-0.15, -0.1) is 0 Å². The second kappa shape index (κ2) is 8.63. The predicted molar refractivity (Wildman–Crippen MR) is 120 cm³/mol. The van der Waals surface area contributed by atoms with Gasteiger partial charge in [-0.1, -0.05) is 23.9 Å². The molecule has 30 heavy (non-hydrogen) atoms. The number of para-hydroxylation sites is 2. The molecule has 3 aromatic carbocycles. The van der Waals surface area contributed by atoms with Crippen LogP contribution >= 0.6 is 11.8 Å². The number of hydrogen-bond acceptors (Lipinski definition) is 5. The molecule has 0 amide bonds. The monoisotopic (exact) mass is 418 g/mol. The Bertz CT molecular complexity index is 1200. The molecule has 1 heterocycles. The van der Waals surface area contributed by atoms with Crippen molar-refractivity contribution in [1.29, 1.82) is 0 Å². The maximum absolute atomic E-state index is 11.8. The number of benzene rings is 3. The molecule has 0 aliphatic carbocycles. The van der Waals surface area contributed by atoms with Gasteiger partial charge in [0.1, 0.15) is 11.5 Å². The largest absolute Gasteiger partial charge is 0.497 e. The lowest BCUT2D eigenvalue weighted by molar-refractivity contribution is 0.101. The average molecular weight is 419 g/mol. The summed E-state index contributed by atoms with van der Waals surface area (Å²) >= 11 is 1.61. The highest BCUT2D eigenvalue weighted by molar-refractivity contribution is 7.98. The van der Waals surface area contributed by atoms with Crippen molar-refractivity contribution in [3.63, 3.8) is 0 Å². The standard InChI is InChI=1S/C24H22N2O3S/c1-16(27)17-8-13-23(29-3)18(14-17)15-30-24-25-21-6-4-5-7-22(21)26(24)19-9-11-20(28-2)12-10-19/h4-14H,15H2,1-3H3. The van der Waals surface area contributed by atoms with Gasteiger partial charge in [-0.25, -0.2) is 4.98 Å². The SMILES string of the molecule is COc1ccc(-n2c(SCc3cc(C(C)=O)ccc3OC)nc3ccccc32)cc1. The smallest absolute Gasteiger partial charge is 0.174 e. The number of thioether (sulfide) groups is 1. The lowest BCUT2D eigenvalue weighted by Crippen LogP contribution is -1.99. The van der Waals surface area contributed by atoms with Crippen molar-refractivity contribution in [2.24, 2.45) is 0 Å². The van der Waals surface area contributed by atoms with Crippen LogP contribution < -0.4 is 9.47 Å². The Morgan fingerprint density at radius 2 is 1.77 bits per heavy atom. The molecule has 0 aliphatic rings. The molecule has 0 fully saturated rings. The number of fused-ring (bicyclic) bond motifs is 1. The van der Waals surface area contributed by atoms with E-state index in [9.17, 15) is 4.79 Å². The number of imidazole rings is 1. The highest BCUT2D eigenvalue weighted by Gasteiger charge is 2.15. The van der Waals surface area contributed by atoms with E-state index in [1.54, 1.807) is 39.0 Å². The van der Waals surface area contributed by atoms with E-state index in [1.807, 2.05) is 54.6 Å². The molecule has 0 aliphatic heterocycles. The first-order valence-corrected chi connectivity index (χ1v) is 10.5. The van der Waals surface area contributed by atoms with Crippen LogP contribution in [0.1, 0.15) is 22.8 Å². The first-order valence-electron chi connectivity index (χ1n) is 9.53. The van der Waals surface area contributed by atoms with Crippen LogP contribution in [0.4, 0.5) is 0 Å². The van der Waals surface area contributed by atoms with Crippen molar-refractivity contribution >= 4 is 28.6 Å². The van der Waals surface area contributed by atoms with Gasteiger partial charge in [-0.3, -0.25) is 9.36 Å². The van der Waals surface area contributed by atoms with Crippen molar-refractivity contribution in [2.75, 3.05) is 14.2 Å². The van der Waals surface area contributed by atoms with Crippen LogP contribution in [0.5, 0.6) is 11.5 Å². The molecule has 4 aromatic rings. The molecule has 0 atom stereocenters. The minimum absolute atomic E-state index is 0.0365. The second-order valence-electron chi connectivity index (χ2n) is 6.79. The molecular weight excluding hydrogens is 396 g/mol. The number of carbonyl (C=O) groups excluding carboxylic acids is 1. The number of ether oxygens (including phenoxy) is 2. The van der Waals surface area contributed by atoms with Crippen LogP contribution in [-0.4, -0.2) is 29.6 Å². The fraction of sp³-hybridized carbons (Fsp3) is 0.167. The van der Waals surface area contributed by atoms with Crippen molar-refractivity contribution < 1.29 is 14.3 Å². The molecular formula is C24H22N2O3S. The van der Waals surface area contributed by atoms with Gasteiger partial charge >= 0.3 is 0 Å². The molecule has 0 unspecified atom stereocenters. The molecule has 1 aromatic heterocycles. The van der Waals surface area contributed by atoms with E-state index < -0.39 is 0 Å². The number of methoxy groups -OCH3 is 2. The van der Waals surface area contributed by atoms with Crippen LogP contribution in [0.2, 0.25) is 0 Å². The fourth-order valence-corrected chi connectivity index (χ4v) is 4.34. The van der Waals surface area contributed by atoms with E-state index in [-0.39, 0.29) is 5.78 Å². The average Bonchev–Trinajstić information content (AvgIpc) is 3.15. The molecule has 4 rings (SSSR count). The highest BCUT2D eigenvalue weighted by atomic mass is 32.2. The Labute approximate surface area is 179 Å². The summed E-state index contributed by atoms with van der Waals surface area (Å²) in [6.45, 7) is 1.57. The normalized spacial score (nSPS) is 10.9. The van der Waals surface area contributed by atoms with Crippen LogP contribution in [0, 0.1) is 0 Å². The summed E-state index contributed by atoms with van der Waals surface area (Å²) in [5.41, 5.74) is 4.62. The number of Topliss-reactive ketones (excluding diaryl/α,β-unsaturated/α-hetero) is 1. The van der Waals surface area contributed by atoms with E-state index in [4.69, 9.17) is 14.5 Å². The third-order valence-electron chi connectivity index (χ3n) is 4.90. The van der Waals surface area contributed by atoms with Gasteiger partial charge in [0.15, 0.2) is 10.9 Å². The maximum atomic E-state index is 11.8. The quantitative estimate of drug-likeness (QED) is 0.291. The summed E-state index contributed by atoms with van der Waals surface area (Å²) in [6, 6.07) is 21.5. The first-order chi connectivity index (χ1) is 14.6. The van der Waals surface area contributed by atoms with Gasteiger partial charge in [0.2, 0.25) is 0 Å². The van der Waals surface area contributed by atoms with Gasteiger partial charge < -0.3 is 9.47 Å². The molecule has 0 spiro atoms. The van der Waals surface area contributed by atoms with Crippen molar-refractivity contribution in [1.82, 2.24) is 9.55 Å². The van der Waals surface area contributed by atoms with Gasteiger partial charge in [-0.05, 0) is 61.5 Å². The Balaban J connectivity index is 1.73. The third kappa shape index (κ3) is 3.91. The summed E-state index contributed by atoms with van der Waals surface area (Å²) in [6.07, 6.45) is 0. The highest BCUT2D eigenvalue weighted by Crippen LogP contribution is 2.33. The lowest BCUT2D eigenvalue weighted by atomic mass is 10.1. The van der Waals surface area contributed by atoms with E-state index in [0.717, 1.165) is 38.9 Å². The molecule has 5 nitrogen and oxygen atoms in total. The van der Waals surface area contributed by atoms with Gasteiger partial charge in [0, 0.05) is 22.6 Å². The summed E-state index contributed by atoms with van der Waals surface area (Å²) in [4.78, 5) is 16.7. The summed E-state index contributed by atoms with van der Waals surface area (Å²) in [5, 5.41) is 0.872. The van der Waals surface area contributed by atoms with Crippen LogP contribution in [-0.2, 0) is 5.75 Å². The van der Waals surface area contributed by atoms with Crippen LogP contribution in [0.15, 0.2) is 71.9 Å². The predicted octanol–water partition coefficient (Wildman–Crippen LogP) is 5.54. The number of ketones is 1. The fourth-order valence-electron chi connectivity index (χ4n) is 3.33. The maximum Gasteiger partial charge on any atom is 0.174 e. The number of rotatable bonds is 7. The minimum Gasteiger partial charge on any atom is -0.497 e. The number of nitrogens with zero attached hydrogens (tertiary/aromatic N) is 2. The Morgan fingerprint density at radius 1 is 1.00 bits per heavy atom. The van der Waals surface area contributed by atoms with E-state index in [0.29, 0.717) is 11.3 Å². The number of aromatic nitrogens is 2. The molecule has 0 N–H and O–H groups in total. The number of carbonyl (C=O) groups is 1. The minimum atomic E-state index is 0.0365. The summed E-state index contributed by atoms with van der Waals surface area (Å²) in [5.74, 6) is 2.24. The van der Waals surface area contributed by atoms with Gasteiger partial charge in [-0.2, -0.15) is 0 Å². The van der Waals surface area contributed by atoms with E-state index in [1.165, 1.54) is 0 Å². The zero-order chi connectivity index (χ0) is 21.1. The second-order valence-corrected chi connectivity index (χ2v) is 7.73. The van der Waals surface area contributed by atoms with Gasteiger partial charge in [0.25, 0.3) is 0 Å². The van der Waals surface area contributed by atoms with E-state index >= 15 is 0 Å². The summed E-state index contributed by atoms with van der Waals surface area (Å²) < 4.78 is 12.9. The number of hydrogen-bond donors (Lipinski definition) is 0. The summed E-state index contributed by atoms with van der Waals surface area (Å²) in [7, 11) is 3.30. The first kappa shape index (κ1) is 20.0. The van der Waals surface area contributed by atoms with Crippen molar-refractivity contribution in [2.45, 2.75) is 17.8 Å². The van der Waals surface area contributed by atoms with Crippen LogP contribution in [0.25, 0.3) is 16.7 Å². The third-order valence-corrected chi connectivity index (χ3v) is 5.89. The van der Waals surface area contributed by atoms with Crippen molar-refractivity contribution in [3.05, 3.63) is 77.9 Å². The Hall–Kier alpha value is -3.25. The molecule has 6 heteroatoms. The van der Waals surface area contributed by atoms with E-state index in [2.05, 4.69) is 10.6 Å². The molecule has 0 saturated carbocycles. The zero-order valence-corrected chi connectivity index (χ0v) is 17.9. The molecule has 0 bridgehead atoms. The Kier molecular flexibility index (Phi) is 5.77. The zero-order valence-electron chi connectivity index (χ0n) is 17.1. The van der Waals surface area contributed by atoms with Crippen LogP contribution in [0.3, 0.4) is 0 Å². The van der Waals surface area contributed by atoms with Crippen molar-refractivity contribution in [3.8, 4) is 17.2 Å².